The summed E-state index contributed by atoms with van der Waals surface area (Å²) in [5.41, 5.74) is 1.61. The van der Waals surface area contributed by atoms with E-state index >= 15 is 0 Å². The molecule has 8 heteroatoms. The van der Waals surface area contributed by atoms with Crippen LogP contribution in [0.2, 0.25) is 0 Å². The number of hydrogen-bond acceptors (Lipinski definition) is 7. The Hall–Kier alpha value is -3.55. The van der Waals surface area contributed by atoms with Crippen LogP contribution in [0.15, 0.2) is 47.0 Å². The van der Waals surface area contributed by atoms with Crippen LogP contribution in [0.4, 0.5) is 0 Å². The van der Waals surface area contributed by atoms with E-state index in [0.717, 1.165) is 29.9 Å². The number of fused-ring (bicyclic) bond motifs is 1. The molecule has 1 amide bonds. The molecule has 8 nitrogen and oxygen atoms in total. The second-order valence-corrected chi connectivity index (χ2v) is 7.73. The van der Waals surface area contributed by atoms with Gasteiger partial charge in [0.05, 0.1) is 6.04 Å². The molecule has 160 valence electrons. The fourth-order valence-electron chi connectivity index (χ4n) is 3.63. The molecule has 5 rings (SSSR count). The number of aromatic nitrogens is 2. The van der Waals surface area contributed by atoms with E-state index in [0.29, 0.717) is 42.2 Å². The summed E-state index contributed by atoms with van der Waals surface area (Å²) in [6, 6.07) is 12.9. The molecule has 1 aliphatic heterocycles. The first-order chi connectivity index (χ1) is 15.2. The van der Waals surface area contributed by atoms with Crippen molar-refractivity contribution >= 4 is 5.91 Å². The van der Waals surface area contributed by atoms with Crippen molar-refractivity contribution in [2.75, 3.05) is 13.2 Å². The summed E-state index contributed by atoms with van der Waals surface area (Å²) < 4.78 is 21.9. The molecule has 0 radical (unpaired) electrons. The van der Waals surface area contributed by atoms with Gasteiger partial charge in [-0.3, -0.25) is 4.79 Å². The average molecular weight is 421 g/mol. The minimum atomic E-state index is -0.118. The highest BCUT2D eigenvalue weighted by Gasteiger charge is 2.34. The normalized spacial score (nSPS) is 15.9. The molecule has 1 atom stereocenters. The van der Waals surface area contributed by atoms with Crippen LogP contribution in [-0.4, -0.2) is 29.3 Å². The lowest BCUT2D eigenvalue weighted by Crippen LogP contribution is -2.30. The Morgan fingerprint density at radius 2 is 1.90 bits per heavy atom. The molecule has 1 aliphatic carbocycles. The van der Waals surface area contributed by atoms with E-state index in [9.17, 15) is 4.79 Å². The highest BCUT2D eigenvalue weighted by molar-refractivity contribution is 5.94. The van der Waals surface area contributed by atoms with Crippen molar-refractivity contribution in [3.05, 3.63) is 65.3 Å². The van der Waals surface area contributed by atoms with E-state index in [1.54, 1.807) is 31.2 Å². The molecule has 1 N–H and O–H groups in total. The van der Waals surface area contributed by atoms with Gasteiger partial charge < -0.3 is 24.1 Å². The van der Waals surface area contributed by atoms with Crippen molar-refractivity contribution in [1.82, 2.24) is 15.5 Å². The Labute approximate surface area is 179 Å². The molecule has 0 saturated heterocycles. The van der Waals surface area contributed by atoms with Gasteiger partial charge in [-0.25, -0.2) is 0 Å². The molecule has 31 heavy (non-hydrogen) atoms. The van der Waals surface area contributed by atoms with Crippen LogP contribution in [0.25, 0.3) is 0 Å². The Morgan fingerprint density at radius 1 is 1.13 bits per heavy atom. The Bertz CT molecular complexity index is 1080. The number of rotatable bonds is 7. The molecular formula is C23H23N3O5. The van der Waals surface area contributed by atoms with Crippen molar-refractivity contribution in [2.24, 2.45) is 5.92 Å². The van der Waals surface area contributed by atoms with Crippen molar-refractivity contribution < 1.29 is 23.5 Å². The molecule has 1 unspecified atom stereocenters. The van der Waals surface area contributed by atoms with Crippen LogP contribution in [-0.2, 0) is 6.61 Å². The second-order valence-electron chi connectivity index (χ2n) is 7.73. The van der Waals surface area contributed by atoms with Gasteiger partial charge in [-0.2, -0.15) is 4.98 Å². The lowest BCUT2D eigenvalue weighted by Gasteiger charge is -2.23. The number of aryl methyl sites for hydroxylation is 1. The maximum atomic E-state index is 12.9. The second kappa shape index (κ2) is 8.29. The summed E-state index contributed by atoms with van der Waals surface area (Å²) in [4.78, 5) is 17.0. The predicted octanol–water partition coefficient (Wildman–Crippen LogP) is 3.61. The Morgan fingerprint density at radius 3 is 2.61 bits per heavy atom. The van der Waals surface area contributed by atoms with Gasteiger partial charge in [-0.15, -0.1) is 0 Å². The first-order valence-corrected chi connectivity index (χ1v) is 10.4. The number of nitrogens with one attached hydrogen (secondary N) is 1. The first kappa shape index (κ1) is 19.4. The van der Waals surface area contributed by atoms with Gasteiger partial charge in [-0.1, -0.05) is 11.2 Å². The van der Waals surface area contributed by atoms with Crippen LogP contribution in [0, 0.1) is 12.8 Å². The zero-order valence-corrected chi connectivity index (χ0v) is 17.2. The third kappa shape index (κ3) is 4.47. The van der Waals surface area contributed by atoms with Crippen molar-refractivity contribution in [1.29, 1.82) is 0 Å². The Balaban J connectivity index is 1.24. The molecule has 1 aromatic heterocycles. The zero-order valence-electron chi connectivity index (χ0n) is 17.2. The summed E-state index contributed by atoms with van der Waals surface area (Å²) in [5, 5.41) is 6.99. The third-order valence-corrected chi connectivity index (χ3v) is 5.36. The monoisotopic (exact) mass is 421 g/mol. The predicted molar refractivity (Wildman–Crippen MR) is 110 cm³/mol. The molecule has 0 bridgehead atoms. The molecule has 3 aromatic rings. The summed E-state index contributed by atoms with van der Waals surface area (Å²) in [6.07, 6.45) is 2.20. The summed E-state index contributed by atoms with van der Waals surface area (Å²) in [5.74, 6) is 3.41. The first-order valence-electron chi connectivity index (χ1n) is 10.4. The molecule has 0 spiro atoms. The van der Waals surface area contributed by atoms with Gasteiger partial charge in [0, 0.05) is 12.5 Å². The highest BCUT2D eigenvalue weighted by atomic mass is 16.6. The third-order valence-electron chi connectivity index (χ3n) is 5.36. The molecule has 1 fully saturated rings. The number of hydrogen-bond donors (Lipinski definition) is 1. The summed E-state index contributed by atoms with van der Waals surface area (Å²) in [6.45, 7) is 3.03. The van der Waals surface area contributed by atoms with E-state index in [2.05, 4.69) is 15.5 Å². The quantitative estimate of drug-likeness (QED) is 0.623. The van der Waals surface area contributed by atoms with Crippen molar-refractivity contribution in [2.45, 2.75) is 32.4 Å². The Kier molecular flexibility index (Phi) is 5.19. The van der Waals surface area contributed by atoms with Gasteiger partial charge in [0.15, 0.2) is 18.1 Å². The van der Waals surface area contributed by atoms with Gasteiger partial charge in [0.1, 0.15) is 19.0 Å². The minimum Gasteiger partial charge on any atom is -0.486 e. The fraction of sp³-hybridized carbons (Fsp3) is 0.348. The van der Waals surface area contributed by atoms with E-state index in [1.807, 2.05) is 18.2 Å². The lowest BCUT2D eigenvalue weighted by atomic mass is 10.0. The van der Waals surface area contributed by atoms with Crippen molar-refractivity contribution in [3.8, 4) is 17.2 Å². The number of amides is 1. The summed E-state index contributed by atoms with van der Waals surface area (Å²) in [7, 11) is 0. The van der Waals surface area contributed by atoms with E-state index < -0.39 is 0 Å². The molecular weight excluding hydrogens is 398 g/mol. The van der Waals surface area contributed by atoms with Gasteiger partial charge in [-0.05, 0) is 60.7 Å². The topological polar surface area (TPSA) is 95.7 Å². The number of ether oxygens (including phenoxy) is 3. The number of carbonyl (C=O) groups excluding carboxylic acids is 1. The number of benzene rings is 2. The maximum Gasteiger partial charge on any atom is 0.251 e. The van der Waals surface area contributed by atoms with Crippen LogP contribution < -0.4 is 19.5 Å². The van der Waals surface area contributed by atoms with Crippen LogP contribution in [0.1, 0.15) is 46.5 Å². The minimum absolute atomic E-state index is 0.0549. The molecule has 2 aromatic carbocycles. The van der Waals surface area contributed by atoms with Crippen LogP contribution in [0.3, 0.4) is 0 Å². The molecule has 2 heterocycles. The van der Waals surface area contributed by atoms with Gasteiger partial charge >= 0.3 is 0 Å². The highest BCUT2D eigenvalue weighted by Crippen LogP contribution is 2.43. The fourth-order valence-corrected chi connectivity index (χ4v) is 3.63. The van der Waals surface area contributed by atoms with E-state index in [1.165, 1.54) is 0 Å². The largest absolute Gasteiger partial charge is 0.486 e. The number of carbonyl (C=O) groups is 1. The van der Waals surface area contributed by atoms with Crippen LogP contribution in [0.5, 0.6) is 17.2 Å². The van der Waals surface area contributed by atoms with Gasteiger partial charge in [0.2, 0.25) is 11.7 Å². The smallest absolute Gasteiger partial charge is 0.251 e. The molecule has 1 saturated carbocycles. The van der Waals surface area contributed by atoms with E-state index in [-0.39, 0.29) is 18.6 Å². The van der Waals surface area contributed by atoms with E-state index in [4.69, 9.17) is 18.7 Å². The maximum absolute atomic E-state index is 12.9. The molecule has 2 aliphatic rings. The standard InChI is InChI=1S/C23H23N3O5/c1-14-24-21(26-31-14)13-30-18-7-4-16(5-8-18)23(27)25-22(15-2-3-15)17-6-9-19-20(12-17)29-11-10-28-19/h4-9,12,15,22H,2-3,10-11,13H2,1H3,(H,25,27). The zero-order chi connectivity index (χ0) is 21.2. The summed E-state index contributed by atoms with van der Waals surface area (Å²) >= 11 is 0. The van der Waals surface area contributed by atoms with Gasteiger partial charge in [0.25, 0.3) is 5.91 Å². The average Bonchev–Trinajstić information content (AvgIpc) is 3.56. The van der Waals surface area contributed by atoms with Crippen molar-refractivity contribution in [3.63, 3.8) is 0 Å². The lowest BCUT2D eigenvalue weighted by molar-refractivity contribution is 0.0931. The number of nitrogens with zero attached hydrogens (tertiary/aromatic N) is 2. The SMILES string of the molecule is Cc1nc(COc2ccc(C(=O)NC(c3ccc4c(c3)OCCO4)C3CC3)cc2)no1. The van der Waals surface area contributed by atoms with Crippen LogP contribution >= 0.6 is 0 Å².